The minimum Gasteiger partial charge on any atom is -0.396 e. The molecule has 0 bridgehead atoms. The molecular weight excluding hydrogens is 254 g/mol. The van der Waals surface area contributed by atoms with Crippen molar-refractivity contribution in [2.75, 3.05) is 20.2 Å². The van der Waals surface area contributed by atoms with Gasteiger partial charge in [0.2, 0.25) is 10.0 Å². The average molecular weight is 273 g/mol. The van der Waals surface area contributed by atoms with Crippen LogP contribution < -0.4 is 0 Å². The molecule has 2 rings (SSSR count). The van der Waals surface area contributed by atoms with Gasteiger partial charge in [-0.2, -0.15) is 5.10 Å². The van der Waals surface area contributed by atoms with Crippen molar-refractivity contribution in [2.24, 2.45) is 5.92 Å². The Kier molecular flexibility index (Phi) is 4.04. The first-order valence-corrected chi connectivity index (χ1v) is 7.57. The van der Waals surface area contributed by atoms with Crippen LogP contribution in [0.15, 0.2) is 17.3 Å². The van der Waals surface area contributed by atoms with Crippen LogP contribution in [0, 0.1) is 5.92 Å². The maximum absolute atomic E-state index is 12.2. The monoisotopic (exact) mass is 273 g/mol. The zero-order valence-electron chi connectivity index (χ0n) is 10.5. The van der Waals surface area contributed by atoms with Crippen LogP contribution in [0.25, 0.3) is 0 Å². The third kappa shape index (κ3) is 3.09. The summed E-state index contributed by atoms with van der Waals surface area (Å²) in [6, 6.07) is 0. The SMILES string of the molecule is CN(CC1CC1)S(=O)(=O)c1cnn(CCCO)c1. The lowest BCUT2D eigenvalue weighted by atomic mass is 10.4. The zero-order valence-corrected chi connectivity index (χ0v) is 11.3. The van der Waals surface area contributed by atoms with E-state index in [0.29, 0.717) is 25.4 Å². The molecule has 1 saturated carbocycles. The summed E-state index contributed by atoms with van der Waals surface area (Å²) in [6.07, 6.45) is 5.70. The van der Waals surface area contributed by atoms with Gasteiger partial charge in [0.1, 0.15) is 4.90 Å². The summed E-state index contributed by atoms with van der Waals surface area (Å²) < 4.78 is 27.4. The first-order valence-electron chi connectivity index (χ1n) is 6.13. The summed E-state index contributed by atoms with van der Waals surface area (Å²) in [4.78, 5) is 0.226. The molecule has 0 amide bonds. The van der Waals surface area contributed by atoms with Gasteiger partial charge in [0.15, 0.2) is 0 Å². The number of aliphatic hydroxyl groups is 1. The van der Waals surface area contributed by atoms with Crippen LogP contribution in [-0.4, -0.2) is 47.8 Å². The van der Waals surface area contributed by atoms with Crippen LogP contribution in [0.3, 0.4) is 0 Å². The number of aliphatic hydroxyl groups excluding tert-OH is 1. The molecule has 1 aliphatic rings. The Hall–Kier alpha value is -0.920. The Balaban J connectivity index is 2.05. The maximum atomic E-state index is 12.2. The normalized spacial score (nSPS) is 16.4. The van der Waals surface area contributed by atoms with E-state index in [1.807, 2.05) is 0 Å². The van der Waals surface area contributed by atoms with Crippen LogP contribution in [0.4, 0.5) is 0 Å². The standard InChI is InChI=1S/C11H19N3O3S/c1-13(8-10-3-4-10)18(16,17)11-7-12-14(9-11)5-2-6-15/h7,9-10,15H,2-6,8H2,1H3. The van der Waals surface area contributed by atoms with E-state index in [4.69, 9.17) is 5.11 Å². The van der Waals surface area contributed by atoms with Gasteiger partial charge in [-0.25, -0.2) is 12.7 Å². The van der Waals surface area contributed by atoms with Crippen molar-refractivity contribution in [3.8, 4) is 0 Å². The fraction of sp³-hybridized carbons (Fsp3) is 0.727. The van der Waals surface area contributed by atoms with Crippen LogP contribution in [0.2, 0.25) is 0 Å². The summed E-state index contributed by atoms with van der Waals surface area (Å²) in [5.41, 5.74) is 0. The highest BCUT2D eigenvalue weighted by Crippen LogP contribution is 2.30. The van der Waals surface area contributed by atoms with Crippen molar-refractivity contribution in [3.05, 3.63) is 12.4 Å². The molecular formula is C11H19N3O3S. The van der Waals surface area contributed by atoms with E-state index in [1.165, 1.54) is 16.7 Å². The summed E-state index contributed by atoms with van der Waals surface area (Å²) in [5, 5.41) is 12.7. The second kappa shape index (κ2) is 5.38. The summed E-state index contributed by atoms with van der Waals surface area (Å²) in [7, 11) is -1.80. The molecule has 1 aliphatic carbocycles. The quantitative estimate of drug-likeness (QED) is 0.775. The highest BCUT2D eigenvalue weighted by atomic mass is 32.2. The molecule has 1 aromatic heterocycles. The number of aryl methyl sites for hydroxylation is 1. The van der Waals surface area contributed by atoms with Crippen LogP contribution in [-0.2, 0) is 16.6 Å². The van der Waals surface area contributed by atoms with E-state index in [9.17, 15) is 8.42 Å². The lowest BCUT2D eigenvalue weighted by Gasteiger charge is -2.15. The number of sulfonamides is 1. The second-order valence-corrected chi connectivity index (χ2v) is 6.79. The van der Waals surface area contributed by atoms with Gasteiger partial charge in [-0.1, -0.05) is 0 Å². The number of hydrogen-bond acceptors (Lipinski definition) is 4. The van der Waals surface area contributed by atoms with E-state index in [-0.39, 0.29) is 11.5 Å². The first kappa shape index (κ1) is 13.5. The molecule has 0 atom stereocenters. The van der Waals surface area contributed by atoms with Gasteiger partial charge in [0.05, 0.1) is 6.20 Å². The van der Waals surface area contributed by atoms with Gasteiger partial charge in [-0.3, -0.25) is 4.68 Å². The van der Waals surface area contributed by atoms with Crippen molar-refractivity contribution in [1.82, 2.24) is 14.1 Å². The molecule has 6 nitrogen and oxygen atoms in total. The third-order valence-corrected chi connectivity index (χ3v) is 4.85. The minimum atomic E-state index is -3.41. The average Bonchev–Trinajstić information content (AvgIpc) is 3.01. The Morgan fingerprint density at radius 1 is 1.56 bits per heavy atom. The number of rotatable bonds is 7. The lowest BCUT2D eigenvalue weighted by Crippen LogP contribution is -2.28. The largest absolute Gasteiger partial charge is 0.396 e. The Labute approximate surface area is 107 Å². The smallest absolute Gasteiger partial charge is 0.245 e. The number of nitrogens with zero attached hydrogens (tertiary/aromatic N) is 3. The fourth-order valence-electron chi connectivity index (χ4n) is 1.77. The van der Waals surface area contributed by atoms with E-state index >= 15 is 0 Å². The first-order chi connectivity index (χ1) is 8.54. The molecule has 102 valence electrons. The van der Waals surface area contributed by atoms with Crippen LogP contribution in [0.5, 0.6) is 0 Å². The lowest BCUT2D eigenvalue weighted by molar-refractivity contribution is 0.277. The van der Waals surface area contributed by atoms with Crippen molar-refractivity contribution in [1.29, 1.82) is 0 Å². The number of hydrogen-bond donors (Lipinski definition) is 1. The van der Waals surface area contributed by atoms with E-state index in [1.54, 1.807) is 11.7 Å². The molecule has 0 saturated heterocycles. The van der Waals surface area contributed by atoms with Crippen molar-refractivity contribution < 1.29 is 13.5 Å². The minimum absolute atomic E-state index is 0.0729. The van der Waals surface area contributed by atoms with E-state index < -0.39 is 10.0 Å². The van der Waals surface area contributed by atoms with Crippen molar-refractivity contribution in [2.45, 2.75) is 30.7 Å². The number of aromatic nitrogens is 2. The Morgan fingerprint density at radius 3 is 2.89 bits per heavy atom. The second-order valence-electron chi connectivity index (χ2n) is 4.75. The predicted molar refractivity (Wildman–Crippen MR) is 66.5 cm³/mol. The highest BCUT2D eigenvalue weighted by Gasteiger charge is 2.29. The molecule has 1 heterocycles. The zero-order chi connectivity index (χ0) is 13.2. The van der Waals surface area contributed by atoms with Gasteiger partial charge in [-0.15, -0.1) is 0 Å². The van der Waals surface area contributed by atoms with Crippen molar-refractivity contribution in [3.63, 3.8) is 0 Å². The summed E-state index contributed by atoms with van der Waals surface area (Å²) in [5.74, 6) is 0.522. The molecule has 18 heavy (non-hydrogen) atoms. The van der Waals surface area contributed by atoms with E-state index in [2.05, 4.69) is 5.10 Å². The third-order valence-electron chi connectivity index (χ3n) is 3.08. The molecule has 0 aliphatic heterocycles. The topological polar surface area (TPSA) is 75.4 Å². The van der Waals surface area contributed by atoms with Gasteiger partial charge >= 0.3 is 0 Å². The molecule has 1 fully saturated rings. The van der Waals surface area contributed by atoms with Crippen LogP contribution >= 0.6 is 0 Å². The highest BCUT2D eigenvalue weighted by molar-refractivity contribution is 7.89. The van der Waals surface area contributed by atoms with Crippen molar-refractivity contribution >= 4 is 10.0 Å². The molecule has 1 N–H and O–H groups in total. The molecule has 0 spiro atoms. The molecule has 1 aromatic rings. The molecule has 0 aromatic carbocycles. The summed E-state index contributed by atoms with van der Waals surface area (Å²) >= 11 is 0. The van der Waals surface area contributed by atoms with Crippen LogP contribution in [0.1, 0.15) is 19.3 Å². The maximum Gasteiger partial charge on any atom is 0.245 e. The Morgan fingerprint density at radius 2 is 2.28 bits per heavy atom. The fourth-order valence-corrected chi connectivity index (χ4v) is 2.98. The molecule has 0 unspecified atom stereocenters. The van der Waals surface area contributed by atoms with Gasteiger partial charge in [0.25, 0.3) is 0 Å². The van der Waals surface area contributed by atoms with Gasteiger partial charge in [0, 0.05) is 32.9 Å². The van der Waals surface area contributed by atoms with E-state index in [0.717, 1.165) is 12.8 Å². The predicted octanol–water partition coefficient (Wildman–Crippen LogP) is 0.296. The Bertz CT molecular complexity index is 493. The summed E-state index contributed by atoms with van der Waals surface area (Å²) in [6.45, 7) is 1.19. The molecule has 7 heteroatoms. The van der Waals surface area contributed by atoms with Gasteiger partial charge < -0.3 is 5.11 Å². The molecule has 0 radical (unpaired) electrons. The van der Waals surface area contributed by atoms with Gasteiger partial charge in [-0.05, 0) is 25.2 Å².